The third kappa shape index (κ3) is 5.29. The summed E-state index contributed by atoms with van der Waals surface area (Å²) in [5.41, 5.74) is 2.93. The summed E-state index contributed by atoms with van der Waals surface area (Å²) in [6.07, 6.45) is 0.253. The first kappa shape index (κ1) is 20.6. The van der Waals surface area contributed by atoms with Gasteiger partial charge in [0.25, 0.3) is 5.91 Å². The predicted molar refractivity (Wildman–Crippen MR) is 119 cm³/mol. The molecule has 0 unspecified atom stereocenters. The SMILES string of the molecule is Cn1nc(C(=O)Nc2ccc(N3CCOCC3)cc2)cc1NC(=O)Cc1ccccc1. The number of benzene rings is 2. The van der Waals surface area contributed by atoms with Crippen LogP contribution < -0.4 is 15.5 Å². The van der Waals surface area contributed by atoms with E-state index in [1.54, 1.807) is 13.1 Å². The standard InChI is InChI=1S/C23H25N5O3/c1-27-21(25-22(29)15-17-5-3-2-4-6-17)16-20(26-27)23(30)24-18-7-9-19(10-8-18)28-11-13-31-14-12-28/h2-10,16H,11-15H2,1H3,(H,24,30)(H,25,29). The number of nitrogens with zero attached hydrogens (tertiary/aromatic N) is 3. The minimum atomic E-state index is -0.335. The second-order valence-corrected chi connectivity index (χ2v) is 7.35. The van der Waals surface area contributed by atoms with Gasteiger partial charge >= 0.3 is 0 Å². The number of ether oxygens (including phenoxy) is 1. The first-order valence-corrected chi connectivity index (χ1v) is 10.2. The molecule has 8 heteroatoms. The highest BCUT2D eigenvalue weighted by atomic mass is 16.5. The third-order valence-electron chi connectivity index (χ3n) is 5.09. The molecule has 4 rings (SSSR count). The summed E-state index contributed by atoms with van der Waals surface area (Å²) in [5.74, 6) is -0.0353. The maximum absolute atomic E-state index is 12.6. The fourth-order valence-corrected chi connectivity index (χ4v) is 3.44. The molecule has 1 aliphatic rings. The van der Waals surface area contributed by atoms with E-state index in [1.807, 2.05) is 54.6 Å². The molecule has 0 saturated carbocycles. The Hall–Kier alpha value is -3.65. The first-order chi connectivity index (χ1) is 15.1. The van der Waals surface area contributed by atoms with E-state index in [0.717, 1.165) is 37.6 Å². The van der Waals surface area contributed by atoms with Crippen LogP contribution in [0.1, 0.15) is 16.1 Å². The number of hydrogen-bond acceptors (Lipinski definition) is 5. The normalized spacial score (nSPS) is 13.6. The van der Waals surface area contributed by atoms with Crippen LogP contribution in [0.4, 0.5) is 17.2 Å². The molecule has 8 nitrogen and oxygen atoms in total. The summed E-state index contributed by atoms with van der Waals surface area (Å²) < 4.78 is 6.86. The van der Waals surface area contributed by atoms with Crippen molar-refractivity contribution in [2.45, 2.75) is 6.42 Å². The van der Waals surface area contributed by atoms with Gasteiger partial charge < -0.3 is 20.3 Å². The highest BCUT2D eigenvalue weighted by molar-refractivity contribution is 6.04. The quantitative estimate of drug-likeness (QED) is 0.641. The second kappa shape index (κ2) is 9.44. The first-order valence-electron chi connectivity index (χ1n) is 10.2. The molecule has 160 valence electrons. The molecule has 2 N–H and O–H groups in total. The molecule has 2 aromatic carbocycles. The van der Waals surface area contributed by atoms with Crippen molar-refractivity contribution in [3.05, 3.63) is 71.9 Å². The van der Waals surface area contributed by atoms with Gasteiger partial charge in [0.05, 0.1) is 19.6 Å². The Balaban J connectivity index is 1.36. The monoisotopic (exact) mass is 419 g/mol. The van der Waals surface area contributed by atoms with Gasteiger partial charge in [-0.25, -0.2) is 0 Å². The highest BCUT2D eigenvalue weighted by Gasteiger charge is 2.16. The van der Waals surface area contributed by atoms with Crippen LogP contribution in [0.5, 0.6) is 0 Å². The molecule has 0 atom stereocenters. The zero-order valence-electron chi connectivity index (χ0n) is 17.4. The van der Waals surface area contributed by atoms with E-state index in [0.29, 0.717) is 11.5 Å². The maximum atomic E-state index is 12.6. The predicted octanol–water partition coefficient (Wildman–Crippen LogP) is 2.69. The molecule has 2 heterocycles. The van der Waals surface area contributed by atoms with Crippen LogP contribution in [0.15, 0.2) is 60.7 Å². The summed E-state index contributed by atoms with van der Waals surface area (Å²) in [5, 5.41) is 9.88. The van der Waals surface area contributed by atoms with Gasteiger partial charge in [0.2, 0.25) is 5.91 Å². The summed E-state index contributed by atoms with van der Waals surface area (Å²) in [7, 11) is 1.69. The largest absolute Gasteiger partial charge is 0.378 e. The molecule has 0 bridgehead atoms. The number of hydrogen-bond donors (Lipinski definition) is 2. The Kier molecular flexibility index (Phi) is 6.28. The van der Waals surface area contributed by atoms with Crippen LogP contribution in [-0.2, 0) is 23.0 Å². The van der Waals surface area contributed by atoms with E-state index < -0.39 is 0 Å². The maximum Gasteiger partial charge on any atom is 0.276 e. The Morgan fingerprint density at radius 1 is 1.00 bits per heavy atom. The molecule has 1 aromatic heterocycles. The van der Waals surface area contributed by atoms with Crippen LogP contribution in [0.2, 0.25) is 0 Å². The van der Waals surface area contributed by atoms with Crippen molar-refractivity contribution in [3.8, 4) is 0 Å². The number of nitrogens with one attached hydrogen (secondary N) is 2. The van der Waals surface area contributed by atoms with Gasteiger partial charge in [0.1, 0.15) is 5.82 Å². The molecule has 1 aliphatic heterocycles. The Labute approximate surface area is 180 Å². The zero-order chi connectivity index (χ0) is 21.6. The van der Waals surface area contributed by atoms with Crippen LogP contribution in [0, 0.1) is 0 Å². The third-order valence-corrected chi connectivity index (χ3v) is 5.09. The van der Waals surface area contributed by atoms with Gasteiger partial charge in [0, 0.05) is 37.6 Å². The lowest BCUT2D eigenvalue weighted by molar-refractivity contribution is -0.115. The van der Waals surface area contributed by atoms with E-state index in [2.05, 4.69) is 20.6 Å². The second-order valence-electron chi connectivity index (χ2n) is 7.35. The Morgan fingerprint density at radius 2 is 1.71 bits per heavy atom. The van der Waals surface area contributed by atoms with Gasteiger partial charge in [0.15, 0.2) is 5.69 Å². The fourth-order valence-electron chi connectivity index (χ4n) is 3.44. The Morgan fingerprint density at radius 3 is 2.42 bits per heavy atom. The van der Waals surface area contributed by atoms with Gasteiger partial charge in [-0.3, -0.25) is 14.3 Å². The van der Waals surface area contributed by atoms with Crippen molar-refractivity contribution < 1.29 is 14.3 Å². The number of carbonyl (C=O) groups is 2. The van der Waals surface area contributed by atoms with Crippen molar-refractivity contribution in [2.24, 2.45) is 7.05 Å². The molecule has 31 heavy (non-hydrogen) atoms. The van der Waals surface area contributed by atoms with Crippen molar-refractivity contribution >= 4 is 29.0 Å². The molecular weight excluding hydrogens is 394 g/mol. The van der Waals surface area contributed by atoms with Gasteiger partial charge in [-0.2, -0.15) is 5.10 Å². The van der Waals surface area contributed by atoms with E-state index in [1.165, 1.54) is 4.68 Å². The number of amides is 2. The number of anilines is 3. The van der Waals surface area contributed by atoms with E-state index in [4.69, 9.17) is 4.74 Å². The molecule has 1 saturated heterocycles. The summed E-state index contributed by atoms with van der Waals surface area (Å²) in [4.78, 5) is 27.2. The molecule has 0 radical (unpaired) electrons. The summed E-state index contributed by atoms with van der Waals surface area (Å²) in [6.45, 7) is 3.17. The summed E-state index contributed by atoms with van der Waals surface area (Å²) >= 11 is 0. The lowest BCUT2D eigenvalue weighted by Gasteiger charge is -2.28. The topological polar surface area (TPSA) is 88.5 Å². The molecule has 0 aliphatic carbocycles. The number of carbonyl (C=O) groups excluding carboxylic acids is 2. The minimum Gasteiger partial charge on any atom is -0.378 e. The number of morpholine rings is 1. The van der Waals surface area contributed by atoms with Gasteiger partial charge in [-0.1, -0.05) is 30.3 Å². The van der Waals surface area contributed by atoms with Crippen molar-refractivity contribution in [3.63, 3.8) is 0 Å². The fraction of sp³-hybridized carbons (Fsp3) is 0.261. The minimum absolute atomic E-state index is 0.167. The number of rotatable bonds is 6. The van der Waals surface area contributed by atoms with Gasteiger partial charge in [-0.15, -0.1) is 0 Å². The molecule has 0 spiro atoms. The van der Waals surface area contributed by atoms with Crippen LogP contribution in [0.25, 0.3) is 0 Å². The average molecular weight is 419 g/mol. The smallest absolute Gasteiger partial charge is 0.276 e. The number of aryl methyl sites for hydroxylation is 1. The molecule has 3 aromatic rings. The van der Waals surface area contributed by atoms with E-state index in [-0.39, 0.29) is 23.9 Å². The van der Waals surface area contributed by atoms with Gasteiger partial charge in [-0.05, 0) is 29.8 Å². The molecule has 2 amide bonds. The lowest BCUT2D eigenvalue weighted by atomic mass is 10.1. The summed E-state index contributed by atoms with van der Waals surface area (Å²) in [6, 6.07) is 18.7. The zero-order valence-corrected chi connectivity index (χ0v) is 17.4. The molecular formula is C23H25N5O3. The van der Waals surface area contributed by atoms with Crippen LogP contribution in [-0.4, -0.2) is 47.9 Å². The Bertz CT molecular complexity index is 1040. The highest BCUT2D eigenvalue weighted by Crippen LogP contribution is 2.20. The van der Waals surface area contributed by atoms with E-state index in [9.17, 15) is 9.59 Å². The van der Waals surface area contributed by atoms with Crippen molar-refractivity contribution in [1.29, 1.82) is 0 Å². The lowest BCUT2D eigenvalue weighted by Crippen LogP contribution is -2.36. The molecule has 1 fully saturated rings. The number of aromatic nitrogens is 2. The van der Waals surface area contributed by atoms with Crippen LogP contribution in [0.3, 0.4) is 0 Å². The van der Waals surface area contributed by atoms with Crippen LogP contribution >= 0.6 is 0 Å². The van der Waals surface area contributed by atoms with Crippen molar-refractivity contribution in [1.82, 2.24) is 9.78 Å². The average Bonchev–Trinajstić information content (AvgIpc) is 3.16. The van der Waals surface area contributed by atoms with Crippen molar-refractivity contribution in [2.75, 3.05) is 41.8 Å². The van der Waals surface area contributed by atoms with E-state index >= 15 is 0 Å².